The highest BCUT2D eigenvalue weighted by molar-refractivity contribution is 9.11. The number of rotatable bonds is 8. The zero-order chi connectivity index (χ0) is 13.4. The van der Waals surface area contributed by atoms with E-state index in [1.165, 1.54) is 0 Å². The van der Waals surface area contributed by atoms with Gasteiger partial charge in [-0.2, -0.15) is 5.48 Å². The molecule has 102 valence electrons. The van der Waals surface area contributed by atoms with Crippen LogP contribution in [0.3, 0.4) is 0 Å². The summed E-state index contributed by atoms with van der Waals surface area (Å²) in [5.41, 5.74) is 3.91. The van der Waals surface area contributed by atoms with Gasteiger partial charge in [-0.3, -0.25) is 4.84 Å². The second-order valence-corrected chi connectivity index (χ2v) is 5.24. The molecule has 0 saturated heterocycles. The molecular formula is C12H17Br2NO3. The fourth-order valence-corrected chi connectivity index (χ4v) is 2.81. The molecule has 0 saturated carbocycles. The molecule has 0 heterocycles. The summed E-state index contributed by atoms with van der Waals surface area (Å²) in [6, 6.07) is 3.96. The molecule has 1 rings (SSSR count). The summed E-state index contributed by atoms with van der Waals surface area (Å²) in [6.45, 7) is 4.22. The molecule has 18 heavy (non-hydrogen) atoms. The lowest BCUT2D eigenvalue weighted by molar-refractivity contribution is 0.00315. The molecular weight excluding hydrogens is 366 g/mol. The third kappa shape index (κ3) is 5.24. The van der Waals surface area contributed by atoms with Crippen LogP contribution >= 0.6 is 31.9 Å². The Morgan fingerprint density at radius 3 is 2.67 bits per heavy atom. The average molecular weight is 383 g/mol. The maximum atomic E-state index is 5.61. The third-order valence-electron chi connectivity index (χ3n) is 2.13. The summed E-state index contributed by atoms with van der Waals surface area (Å²) in [4.78, 5) is 5.23. The summed E-state index contributed by atoms with van der Waals surface area (Å²) in [5, 5.41) is 0. The fraction of sp³-hybridized carbons (Fsp3) is 0.500. The predicted molar refractivity (Wildman–Crippen MR) is 77.7 cm³/mol. The van der Waals surface area contributed by atoms with Gasteiger partial charge in [0.25, 0.3) is 0 Å². The first kappa shape index (κ1) is 15.9. The number of benzene rings is 1. The SMILES string of the molecule is CCOc1c(Br)cc(Br)cc1CNOCCOC. The van der Waals surface area contributed by atoms with Gasteiger partial charge in [0.15, 0.2) is 0 Å². The maximum Gasteiger partial charge on any atom is 0.138 e. The minimum atomic E-state index is 0.510. The van der Waals surface area contributed by atoms with Crippen molar-refractivity contribution in [3.05, 3.63) is 26.6 Å². The van der Waals surface area contributed by atoms with Crippen LogP contribution in [0.25, 0.3) is 0 Å². The van der Waals surface area contributed by atoms with Crippen LogP contribution in [0.1, 0.15) is 12.5 Å². The Bertz CT molecular complexity index is 375. The first-order valence-corrected chi connectivity index (χ1v) is 7.22. The van der Waals surface area contributed by atoms with E-state index in [0.717, 1.165) is 20.3 Å². The van der Waals surface area contributed by atoms with Crippen LogP contribution in [-0.4, -0.2) is 26.9 Å². The van der Waals surface area contributed by atoms with Crippen LogP contribution in [0.5, 0.6) is 5.75 Å². The molecule has 1 aromatic carbocycles. The van der Waals surface area contributed by atoms with E-state index in [2.05, 4.69) is 37.3 Å². The highest BCUT2D eigenvalue weighted by atomic mass is 79.9. The first-order chi connectivity index (χ1) is 8.69. The molecule has 0 aliphatic heterocycles. The fourth-order valence-electron chi connectivity index (χ4n) is 1.38. The molecule has 1 aromatic rings. The maximum absolute atomic E-state index is 5.61. The molecule has 1 N–H and O–H groups in total. The molecule has 0 aliphatic carbocycles. The zero-order valence-electron chi connectivity index (χ0n) is 10.5. The Morgan fingerprint density at radius 1 is 1.22 bits per heavy atom. The highest BCUT2D eigenvalue weighted by Crippen LogP contribution is 2.32. The Morgan fingerprint density at radius 2 is 2.00 bits per heavy atom. The van der Waals surface area contributed by atoms with Crippen molar-refractivity contribution < 1.29 is 14.3 Å². The highest BCUT2D eigenvalue weighted by Gasteiger charge is 2.09. The number of hydrogen-bond acceptors (Lipinski definition) is 4. The number of hydroxylamine groups is 1. The molecule has 6 heteroatoms. The second-order valence-electron chi connectivity index (χ2n) is 3.47. The van der Waals surface area contributed by atoms with E-state index in [0.29, 0.717) is 26.4 Å². The quantitative estimate of drug-likeness (QED) is 0.553. The van der Waals surface area contributed by atoms with Crippen molar-refractivity contribution in [3.8, 4) is 5.75 Å². The number of methoxy groups -OCH3 is 1. The van der Waals surface area contributed by atoms with E-state index < -0.39 is 0 Å². The van der Waals surface area contributed by atoms with Gasteiger partial charge in [-0.1, -0.05) is 15.9 Å². The standard InChI is InChI=1S/C12H17Br2NO3/c1-3-17-12-9(6-10(13)7-11(12)14)8-15-18-5-4-16-2/h6-7,15H,3-5,8H2,1-2H3. The number of nitrogens with one attached hydrogen (secondary N) is 1. The van der Waals surface area contributed by atoms with Crippen LogP contribution in [0.15, 0.2) is 21.1 Å². The van der Waals surface area contributed by atoms with E-state index in [-0.39, 0.29) is 0 Å². The van der Waals surface area contributed by atoms with Crippen LogP contribution in [0.2, 0.25) is 0 Å². The van der Waals surface area contributed by atoms with Crippen molar-refractivity contribution in [2.24, 2.45) is 0 Å². The van der Waals surface area contributed by atoms with E-state index in [4.69, 9.17) is 14.3 Å². The molecule has 0 unspecified atom stereocenters. The Balaban J connectivity index is 2.62. The van der Waals surface area contributed by atoms with Gasteiger partial charge in [-0.25, -0.2) is 0 Å². The van der Waals surface area contributed by atoms with Crippen molar-refractivity contribution in [3.63, 3.8) is 0 Å². The Hall–Kier alpha value is -0.140. The minimum Gasteiger partial charge on any atom is -0.492 e. The molecule has 4 nitrogen and oxygen atoms in total. The lowest BCUT2D eigenvalue weighted by Gasteiger charge is -2.13. The van der Waals surface area contributed by atoms with Gasteiger partial charge in [0.2, 0.25) is 0 Å². The number of hydrogen-bond donors (Lipinski definition) is 1. The van der Waals surface area contributed by atoms with Gasteiger partial charge in [-0.05, 0) is 35.0 Å². The Labute approximate surface area is 124 Å². The van der Waals surface area contributed by atoms with Crippen molar-refractivity contribution in [2.75, 3.05) is 26.9 Å². The van der Waals surface area contributed by atoms with Crippen molar-refractivity contribution >= 4 is 31.9 Å². The van der Waals surface area contributed by atoms with Crippen LogP contribution < -0.4 is 10.2 Å². The predicted octanol–water partition coefficient (Wildman–Crippen LogP) is 3.28. The second kappa shape index (κ2) is 8.87. The summed E-state index contributed by atoms with van der Waals surface area (Å²) in [6.07, 6.45) is 0. The van der Waals surface area contributed by atoms with Crippen molar-refractivity contribution in [2.45, 2.75) is 13.5 Å². The van der Waals surface area contributed by atoms with Gasteiger partial charge in [0.05, 0.1) is 24.3 Å². The first-order valence-electron chi connectivity index (χ1n) is 5.63. The van der Waals surface area contributed by atoms with Crippen LogP contribution in [-0.2, 0) is 16.1 Å². The molecule has 0 atom stereocenters. The minimum absolute atomic E-state index is 0.510. The molecule has 0 radical (unpaired) electrons. The van der Waals surface area contributed by atoms with Crippen LogP contribution in [0.4, 0.5) is 0 Å². The third-order valence-corrected chi connectivity index (χ3v) is 3.18. The largest absolute Gasteiger partial charge is 0.492 e. The molecule has 0 bridgehead atoms. The van der Waals surface area contributed by atoms with E-state index in [1.807, 2.05) is 19.1 Å². The monoisotopic (exact) mass is 381 g/mol. The normalized spacial score (nSPS) is 10.7. The summed E-state index contributed by atoms with van der Waals surface area (Å²) >= 11 is 6.95. The number of halogens is 2. The smallest absolute Gasteiger partial charge is 0.138 e. The van der Waals surface area contributed by atoms with Crippen molar-refractivity contribution in [1.29, 1.82) is 0 Å². The zero-order valence-corrected chi connectivity index (χ0v) is 13.6. The van der Waals surface area contributed by atoms with Gasteiger partial charge in [0.1, 0.15) is 5.75 Å². The lowest BCUT2D eigenvalue weighted by atomic mass is 10.2. The number of ether oxygens (including phenoxy) is 2. The molecule has 0 fully saturated rings. The topological polar surface area (TPSA) is 39.7 Å². The van der Waals surface area contributed by atoms with Crippen LogP contribution in [0, 0.1) is 0 Å². The molecule has 0 aromatic heterocycles. The molecule has 0 amide bonds. The summed E-state index contributed by atoms with van der Waals surface area (Å²) in [5.74, 6) is 0.837. The van der Waals surface area contributed by atoms with Gasteiger partial charge < -0.3 is 9.47 Å². The van der Waals surface area contributed by atoms with Gasteiger partial charge >= 0.3 is 0 Å². The summed E-state index contributed by atoms with van der Waals surface area (Å²) in [7, 11) is 1.64. The van der Waals surface area contributed by atoms with Crippen molar-refractivity contribution in [1.82, 2.24) is 5.48 Å². The van der Waals surface area contributed by atoms with E-state index in [9.17, 15) is 0 Å². The Kier molecular flexibility index (Phi) is 7.85. The average Bonchev–Trinajstić information content (AvgIpc) is 2.33. The van der Waals surface area contributed by atoms with E-state index >= 15 is 0 Å². The van der Waals surface area contributed by atoms with Gasteiger partial charge in [-0.15, -0.1) is 0 Å². The summed E-state index contributed by atoms with van der Waals surface area (Å²) < 4.78 is 12.4. The van der Waals surface area contributed by atoms with E-state index in [1.54, 1.807) is 7.11 Å². The molecule has 0 spiro atoms. The van der Waals surface area contributed by atoms with Gasteiger partial charge in [0, 0.05) is 23.7 Å². The lowest BCUT2D eigenvalue weighted by Crippen LogP contribution is -2.17. The molecule has 0 aliphatic rings.